The van der Waals surface area contributed by atoms with Crippen molar-refractivity contribution in [1.82, 2.24) is 0 Å². The van der Waals surface area contributed by atoms with E-state index in [0.29, 0.717) is 16.9 Å². The third-order valence-corrected chi connectivity index (χ3v) is 12.5. The quantitative estimate of drug-likeness (QED) is 0.588. The molecule has 4 atom stereocenters. The second kappa shape index (κ2) is 2.73. The Morgan fingerprint density at radius 2 is 2.14 bits per heavy atom. The average Bonchev–Trinajstić information content (AvgIpc) is 2.50. The molecule has 0 aromatic carbocycles. The van der Waals surface area contributed by atoms with E-state index < -0.39 is 16.4 Å². The van der Waals surface area contributed by atoms with Crippen molar-refractivity contribution in [3.05, 3.63) is 0 Å². The Kier molecular flexibility index (Phi) is 2.02. The first-order chi connectivity index (χ1) is 6.37. The van der Waals surface area contributed by atoms with E-state index in [2.05, 4.69) is 31.6 Å². The van der Waals surface area contributed by atoms with E-state index in [1.54, 1.807) is 0 Å². The van der Waals surface area contributed by atoms with Gasteiger partial charge in [-0.05, 0) is 0 Å². The second-order valence-corrected chi connectivity index (χ2v) is 21.7. The molecule has 0 N–H and O–H groups in total. The summed E-state index contributed by atoms with van der Waals surface area (Å²) in [5, 5.41) is 0. The maximum atomic E-state index is 6.34. The molecule has 4 unspecified atom stereocenters. The summed E-state index contributed by atoms with van der Waals surface area (Å²) in [6.45, 7) is 4.98. The van der Waals surface area contributed by atoms with E-state index in [1.165, 1.54) is 23.7 Å². The topological polar surface area (TPSA) is 9.23 Å². The van der Waals surface area contributed by atoms with Crippen LogP contribution in [0, 0.1) is 16.7 Å². The van der Waals surface area contributed by atoms with E-state index >= 15 is 0 Å². The van der Waals surface area contributed by atoms with Crippen LogP contribution in [0.25, 0.3) is 0 Å². The van der Waals surface area contributed by atoms with Gasteiger partial charge in [-0.25, -0.2) is 0 Å². The van der Waals surface area contributed by atoms with Gasteiger partial charge in [0, 0.05) is 0 Å². The minimum atomic E-state index is -2.00. The average molecular weight is 375 g/mol. The summed E-state index contributed by atoms with van der Waals surface area (Å²) in [6, 6.07) is 0. The van der Waals surface area contributed by atoms with Crippen molar-refractivity contribution in [1.29, 1.82) is 0 Å². The molecule has 0 amide bonds. The first-order valence-corrected chi connectivity index (χ1v) is 15.7. The summed E-state index contributed by atoms with van der Waals surface area (Å²) < 4.78 is 7.73. The van der Waals surface area contributed by atoms with Crippen LogP contribution in [0.15, 0.2) is 0 Å². The van der Waals surface area contributed by atoms with Crippen molar-refractivity contribution < 1.29 is 3.10 Å². The molecule has 82 valence electrons. The molecule has 2 aliphatic carbocycles. The zero-order valence-corrected chi connectivity index (χ0v) is 13.1. The minimum absolute atomic E-state index is 0.551. The van der Waals surface area contributed by atoms with Gasteiger partial charge in [0.15, 0.2) is 0 Å². The van der Waals surface area contributed by atoms with Crippen molar-refractivity contribution in [2.75, 3.05) is 0 Å². The summed E-state index contributed by atoms with van der Waals surface area (Å²) in [5.74, 6) is 0.943. The zero-order chi connectivity index (χ0) is 10.2. The van der Waals surface area contributed by atoms with Crippen LogP contribution >= 0.6 is 12.8 Å². The molecule has 3 fully saturated rings. The number of fused-ring (bicyclic) bond motifs is 1. The number of halogens is 1. The third kappa shape index (κ3) is 1.06. The Morgan fingerprint density at radius 3 is 2.71 bits per heavy atom. The second-order valence-electron chi connectivity index (χ2n) is 5.98. The summed E-state index contributed by atoms with van der Waals surface area (Å²) >= 11 is 1.91. The molecule has 0 radical (unpaired) electrons. The molecule has 2 saturated carbocycles. The number of rotatable bonds is 0. The van der Waals surface area contributed by atoms with Gasteiger partial charge in [0.25, 0.3) is 0 Å². The molecule has 2 bridgehead atoms. The van der Waals surface area contributed by atoms with Gasteiger partial charge in [0.1, 0.15) is 0 Å². The fourth-order valence-electron chi connectivity index (χ4n) is 4.21. The van der Waals surface area contributed by atoms with Crippen molar-refractivity contribution >= 4 is 29.1 Å². The van der Waals surface area contributed by atoms with Crippen LogP contribution in [-0.4, -0.2) is 22.5 Å². The van der Waals surface area contributed by atoms with Crippen LogP contribution in [-0.2, 0) is 3.10 Å². The SMILES string of the molecule is CC1(C)C2CCC13C[Te](C)(Br)OC3C2. The fourth-order valence-corrected chi connectivity index (χ4v) is 15.1. The van der Waals surface area contributed by atoms with Gasteiger partial charge in [-0.2, -0.15) is 0 Å². The Labute approximate surface area is 97.1 Å². The third-order valence-electron chi connectivity index (χ3n) is 5.19. The van der Waals surface area contributed by atoms with Crippen LogP contribution in [0.1, 0.15) is 33.1 Å². The molecule has 1 aliphatic heterocycles. The molecular formula is C11H19BrOTe. The number of hydrogen-bond donors (Lipinski definition) is 0. The van der Waals surface area contributed by atoms with Gasteiger partial charge in [-0.15, -0.1) is 0 Å². The summed E-state index contributed by atoms with van der Waals surface area (Å²) in [6.07, 6.45) is 4.85. The summed E-state index contributed by atoms with van der Waals surface area (Å²) in [4.78, 5) is 2.37. The van der Waals surface area contributed by atoms with Crippen LogP contribution in [0.2, 0.25) is 9.44 Å². The van der Waals surface area contributed by atoms with E-state index in [9.17, 15) is 0 Å². The first-order valence-electron chi connectivity index (χ1n) is 5.51. The van der Waals surface area contributed by atoms with E-state index in [1.807, 2.05) is 0 Å². The van der Waals surface area contributed by atoms with E-state index in [4.69, 9.17) is 3.10 Å². The summed E-state index contributed by atoms with van der Waals surface area (Å²) in [7, 11) is 0. The van der Waals surface area contributed by atoms with Crippen LogP contribution in [0.4, 0.5) is 0 Å². The Hall–Kier alpha value is 1.23. The predicted octanol–water partition coefficient (Wildman–Crippen LogP) is 3.68. The number of hydrogen-bond acceptors (Lipinski definition) is 1. The molecule has 1 saturated heterocycles. The molecule has 3 aliphatic rings. The van der Waals surface area contributed by atoms with E-state index in [0.717, 1.165) is 5.92 Å². The Morgan fingerprint density at radius 1 is 1.43 bits per heavy atom. The summed E-state index contributed by atoms with van der Waals surface area (Å²) in [5.41, 5.74) is 1.12. The van der Waals surface area contributed by atoms with Crippen LogP contribution in [0.5, 0.6) is 0 Å². The monoisotopic (exact) mass is 376 g/mol. The molecule has 0 aromatic rings. The first kappa shape index (κ1) is 10.4. The Balaban J connectivity index is 2.04. The normalized spacial score (nSPS) is 63.7. The van der Waals surface area contributed by atoms with Gasteiger partial charge in [0.05, 0.1) is 0 Å². The van der Waals surface area contributed by atoms with E-state index in [-0.39, 0.29) is 0 Å². The fraction of sp³-hybridized carbons (Fsp3) is 1.00. The molecule has 0 aromatic heterocycles. The van der Waals surface area contributed by atoms with Crippen molar-refractivity contribution in [3.63, 3.8) is 0 Å². The molecule has 1 spiro atoms. The zero-order valence-electron chi connectivity index (χ0n) is 9.18. The molecule has 1 nitrogen and oxygen atoms in total. The molecule has 3 heteroatoms. The van der Waals surface area contributed by atoms with Crippen molar-refractivity contribution in [2.45, 2.75) is 48.7 Å². The maximum absolute atomic E-state index is 6.34. The van der Waals surface area contributed by atoms with Crippen molar-refractivity contribution in [2.24, 2.45) is 16.7 Å². The van der Waals surface area contributed by atoms with Gasteiger partial charge in [-0.3, -0.25) is 0 Å². The molecule has 14 heavy (non-hydrogen) atoms. The Bertz CT molecular complexity index is 289. The molecule has 3 rings (SSSR count). The molecule has 1 heterocycles. The van der Waals surface area contributed by atoms with Crippen LogP contribution < -0.4 is 0 Å². The van der Waals surface area contributed by atoms with Gasteiger partial charge >= 0.3 is 97.6 Å². The van der Waals surface area contributed by atoms with Gasteiger partial charge < -0.3 is 0 Å². The van der Waals surface area contributed by atoms with Gasteiger partial charge in [-0.1, -0.05) is 0 Å². The van der Waals surface area contributed by atoms with Gasteiger partial charge in [0.2, 0.25) is 0 Å². The van der Waals surface area contributed by atoms with Crippen molar-refractivity contribution in [3.8, 4) is 0 Å². The van der Waals surface area contributed by atoms with Crippen LogP contribution in [0.3, 0.4) is 0 Å². The predicted molar refractivity (Wildman–Crippen MR) is 63.8 cm³/mol. The molecular weight excluding hydrogens is 356 g/mol. The standard InChI is InChI=1S/C11H19BrOTe/c1-10(2)8-4-5-11(10)7-14(3,12)13-9(11)6-8/h8-9H,4-7H2,1-3H3.